The highest BCUT2D eigenvalue weighted by Gasteiger charge is 2.00. The third-order valence-electron chi connectivity index (χ3n) is 2.63. The van der Waals surface area contributed by atoms with Crippen LogP contribution in [0.3, 0.4) is 0 Å². The zero-order valence-electron chi connectivity index (χ0n) is 10.7. The van der Waals surface area contributed by atoms with E-state index in [4.69, 9.17) is 26.8 Å². The van der Waals surface area contributed by atoms with Gasteiger partial charge >= 0.3 is 0 Å². The Morgan fingerprint density at radius 3 is 2.37 bits per heavy atom. The lowest BCUT2D eigenvalue weighted by Gasteiger charge is -2.10. The minimum Gasteiger partial charge on any atom is -0.490 e. The Bertz CT molecular complexity index is 540. The van der Waals surface area contributed by atoms with Crippen LogP contribution in [0, 0.1) is 6.92 Å². The van der Waals surface area contributed by atoms with Gasteiger partial charge in [-0.1, -0.05) is 11.6 Å². The predicted octanol–water partition coefficient (Wildman–Crippen LogP) is 3.69. The highest BCUT2D eigenvalue weighted by atomic mass is 35.5. The molecule has 0 heterocycles. The van der Waals surface area contributed by atoms with E-state index < -0.39 is 0 Å². The van der Waals surface area contributed by atoms with Crippen LogP contribution in [-0.2, 0) is 0 Å². The van der Waals surface area contributed by atoms with Crippen molar-refractivity contribution >= 4 is 17.3 Å². The van der Waals surface area contributed by atoms with E-state index in [2.05, 4.69) is 0 Å². The summed E-state index contributed by atoms with van der Waals surface area (Å²) >= 11 is 5.88. The van der Waals surface area contributed by atoms with Crippen molar-refractivity contribution in [2.75, 3.05) is 18.9 Å². The summed E-state index contributed by atoms with van der Waals surface area (Å²) in [6.45, 7) is 2.92. The van der Waals surface area contributed by atoms with Gasteiger partial charge in [0.2, 0.25) is 0 Å². The lowest BCUT2D eigenvalue weighted by Crippen LogP contribution is -2.09. The summed E-state index contributed by atoms with van der Waals surface area (Å²) in [7, 11) is 0. The van der Waals surface area contributed by atoms with Crippen LogP contribution in [0.1, 0.15) is 5.56 Å². The van der Waals surface area contributed by atoms with Crippen LogP contribution in [0.4, 0.5) is 5.69 Å². The topological polar surface area (TPSA) is 44.5 Å². The number of hydrogen-bond acceptors (Lipinski definition) is 3. The molecule has 2 rings (SSSR count). The third kappa shape index (κ3) is 4.07. The Hall–Kier alpha value is -1.87. The number of aryl methyl sites for hydroxylation is 1. The second kappa shape index (κ2) is 6.34. The summed E-state index contributed by atoms with van der Waals surface area (Å²) in [4.78, 5) is 0. The van der Waals surface area contributed by atoms with Gasteiger partial charge in [0.1, 0.15) is 24.7 Å². The first-order valence-corrected chi connectivity index (χ1v) is 6.40. The molecule has 0 spiro atoms. The smallest absolute Gasteiger partial charge is 0.122 e. The number of anilines is 1. The van der Waals surface area contributed by atoms with Gasteiger partial charge in [-0.3, -0.25) is 0 Å². The van der Waals surface area contributed by atoms with E-state index in [0.717, 1.165) is 22.7 Å². The molecule has 3 nitrogen and oxygen atoms in total. The largest absolute Gasteiger partial charge is 0.490 e. The highest BCUT2D eigenvalue weighted by Crippen LogP contribution is 2.21. The molecule has 0 saturated heterocycles. The molecular weight excluding hydrogens is 262 g/mol. The zero-order valence-corrected chi connectivity index (χ0v) is 11.5. The first-order valence-electron chi connectivity index (χ1n) is 6.02. The van der Waals surface area contributed by atoms with Crippen LogP contribution in [0.15, 0.2) is 42.5 Å². The number of nitrogens with two attached hydrogens (primary N) is 1. The Labute approximate surface area is 117 Å². The highest BCUT2D eigenvalue weighted by molar-refractivity contribution is 6.30. The molecule has 2 N–H and O–H groups in total. The van der Waals surface area contributed by atoms with Gasteiger partial charge in [-0.05, 0) is 55.0 Å². The first kappa shape index (κ1) is 13.6. The molecule has 0 radical (unpaired) electrons. The fourth-order valence-electron chi connectivity index (χ4n) is 1.65. The van der Waals surface area contributed by atoms with Crippen molar-refractivity contribution in [1.82, 2.24) is 0 Å². The molecule has 0 unspecified atom stereocenters. The molecule has 0 fully saturated rings. The van der Waals surface area contributed by atoms with Crippen LogP contribution in [0.2, 0.25) is 5.02 Å². The summed E-state index contributed by atoms with van der Waals surface area (Å²) < 4.78 is 11.2. The van der Waals surface area contributed by atoms with Gasteiger partial charge in [-0.2, -0.15) is 0 Å². The van der Waals surface area contributed by atoms with Crippen molar-refractivity contribution < 1.29 is 9.47 Å². The van der Waals surface area contributed by atoms with Gasteiger partial charge in [0.25, 0.3) is 0 Å². The van der Waals surface area contributed by atoms with Crippen LogP contribution < -0.4 is 15.2 Å². The van der Waals surface area contributed by atoms with E-state index in [1.54, 1.807) is 12.1 Å². The number of hydrogen-bond donors (Lipinski definition) is 1. The quantitative estimate of drug-likeness (QED) is 0.670. The zero-order chi connectivity index (χ0) is 13.7. The minimum atomic E-state index is 0.478. The maximum absolute atomic E-state index is 5.88. The van der Waals surface area contributed by atoms with Crippen molar-refractivity contribution in [3.05, 3.63) is 53.1 Å². The molecule has 0 aromatic heterocycles. The average molecular weight is 278 g/mol. The summed E-state index contributed by atoms with van der Waals surface area (Å²) in [6.07, 6.45) is 0. The predicted molar refractivity (Wildman–Crippen MR) is 78.0 cm³/mol. The van der Waals surface area contributed by atoms with E-state index in [1.807, 2.05) is 37.3 Å². The van der Waals surface area contributed by atoms with Gasteiger partial charge in [-0.15, -0.1) is 0 Å². The number of benzene rings is 2. The van der Waals surface area contributed by atoms with E-state index in [9.17, 15) is 0 Å². The number of halogens is 1. The average Bonchev–Trinajstić information content (AvgIpc) is 2.39. The lowest BCUT2D eigenvalue weighted by atomic mass is 10.2. The maximum Gasteiger partial charge on any atom is 0.122 e. The summed E-state index contributed by atoms with van der Waals surface area (Å²) in [5.74, 6) is 1.61. The van der Waals surface area contributed by atoms with Gasteiger partial charge < -0.3 is 15.2 Å². The second-order valence-corrected chi connectivity index (χ2v) is 4.61. The Kier molecular flexibility index (Phi) is 4.53. The molecule has 0 aliphatic rings. The van der Waals surface area contributed by atoms with Gasteiger partial charge in [-0.25, -0.2) is 0 Å². The number of ether oxygens (including phenoxy) is 2. The van der Waals surface area contributed by atoms with Gasteiger partial charge in [0.05, 0.1) is 0 Å². The standard InChI is InChI=1S/C15H16ClNO2/c1-11-10-12(16)2-7-15(11)19-9-8-18-14-5-3-13(17)4-6-14/h2-7,10H,8-9,17H2,1H3. The van der Waals surface area contributed by atoms with Crippen molar-refractivity contribution in [2.45, 2.75) is 6.92 Å². The Morgan fingerprint density at radius 2 is 1.68 bits per heavy atom. The van der Waals surface area contributed by atoms with Crippen LogP contribution in [0.25, 0.3) is 0 Å². The van der Waals surface area contributed by atoms with Crippen LogP contribution >= 0.6 is 11.6 Å². The molecule has 2 aromatic rings. The molecule has 4 heteroatoms. The Balaban J connectivity index is 1.79. The molecule has 0 saturated carbocycles. The Morgan fingerprint density at radius 1 is 1.00 bits per heavy atom. The normalized spacial score (nSPS) is 10.2. The van der Waals surface area contributed by atoms with Crippen molar-refractivity contribution in [3.63, 3.8) is 0 Å². The van der Waals surface area contributed by atoms with Crippen molar-refractivity contribution in [1.29, 1.82) is 0 Å². The molecular formula is C15H16ClNO2. The minimum absolute atomic E-state index is 0.478. The fourth-order valence-corrected chi connectivity index (χ4v) is 1.88. The molecule has 0 aliphatic heterocycles. The van der Waals surface area contributed by atoms with E-state index in [1.165, 1.54) is 0 Å². The molecule has 0 atom stereocenters. The molecule has 100 valence electrons. The summed E-state index contributed by atoms with van der Waals surface area (Å²) in [5.41, 5.74) is 7.33. The molecule has 0 aliphatic carbocycles. The van der Waals surface area contributed by atoms with Crippen LogP contribution in [0.5, 0.6) is 11.5 Å². The van der Waals surface area contributed by atoms with Crippen molar-refractivity contribution in [2.24, 2.45) is 0 Å². The number of rotatable bonds is 5. The van der Waals surface area contributed by atoms with Crippen LogP contribution in [-0.4, -0.2) is 13.2 Å². The van der Waals surface area contributed by atoms with Crippen molar-refractivity contribution in [3.8, 4) is 11.5 Å². The summed E-state index contributed by atoms with van der Waals surface area (Å²) in [5, 5.41) is 0.711. The molecule has 2 aromatic carbocycles. The fraction of sp³-hybridized carbons (Fsp3) is 0.200. The third-order valence-corrected chi connectivity index (χ3v) is 2.86. The monoisotopic (exact) mass is 277 g/mol. The van der Waals surface area contributed by atoms with Gasteiger partial charge in [0.15, 0.2) is 0 Å². The second-order valence-electron chi connectivity index (χ2n) is 4.18. The number of nitrogen functional groups attached to an aromatic ring is 1. The lowest BCUT2D eigenvalue weighted by molar-refractivity contribution is 0.216. The van der Waals surface area contributed by atoms with E-state index >= 15 is 0 Å². The SMILES string of the molecule is Cc1cc(Cl)ccc1OCCOc1ccc(N)cc1. The molecule has 0 bridgehead atoms. The van der Waals surface area contributed by atoms with Gasteiger partial charge in [0, 0.05) is 10.7 Å². The maximum atomic E-state index is 5.88. The molecule has 19 heavy (non-hydrogen) atoms. The molecule has 0 amide bonds. The van der Waals surface area contributed by atoms with E-state index in [0.29, 0.717) is 18.2 Å². The summed E-state index contributed by atoms with van der Waals surface area (Å²) in [6, 6.07) is 12.8. The van der Waals surface area contributed by atoms with E-state index in [-0.39, 0.29) is 0 Å². The first-order chi connectivity index (χ1) is 9.15.